The molecule has 2 heteroatoms. The van der Waals surface area contributed by atoms with Gasteiger partial charge in [-0.05, 0) is 63.7 Å². The Bertz CT molecular complexity index is 578. The topological polar surface area (TPSA) is 17.0 Å². The van der Waals surface area contributed by atoms with Crippen molar-refractivity contribution in [2.45, 2.75) is 44.6 Å². The third-order valence-electron chi connectivity index (χ3n) is 4.29. The first kappa shape index (κ1) is 12.7. The molecule has 0 spiro atoms. The maximum Gasteiger partial charge on any atom is 0.0518 e. The molecule has 1 fully saturated rings. The number of nitrogens with one attached hydrogen (secondary N) is 1. The van der Waals surface area contributed by atoms with Crippen LogP contribution >= 0.6 is 0 Å². The number of benzene rings is 1. The fourth-order valence-electron chi connectivity index (χ4n) is 3.19. The highest BCUT2D eigenvalue weighted by Crippen LogP contribution is 2.46. The van der Waals surface area contributed by atoms with E-state index < -0.39 is 0 Å². The van der Waals surface area contributed by atoms with Crippen molar-refractivity contribution in [3.8, 4) is 0 Å². The van der Waals surface area contributed by atoms with Crippen LogP contribution in [0.5, 0.6) is 0 Å². The first-order chi connectivity index (χ1) is 9.26. The van der Waals surface area contributed by atoms with Gasteiger partial charge in [0.15, 0.2) is 0 Å². The van der Waals surface area contributed by atoms with Gasteiger partial charge in [0.1, 0.15) is 0 Å². The smallest absolute Gasteiger partial charge is 0.0518 e. The quantitative estimate of drug-likeness (QED) is 0.820. The molecule has 2 heterocycles. The van der Waals surface area contributed by atoms with Gasteiger partial charge in [0.05, 0.1) is 5.52 Å². The van der Waals surface area contributed by atoms with Crippen LogP contribution in [0.25, 0.3) is 10.9 Å². The Morgan fingerprint density at radius 2 is 1.89 bits per heavy atom. The number of para-hydroxylation sites is 1. The number of hydrogen-bond donors (Lipinski definition) is 1. The summed E-state index contributed by atoms with van der Waals surface area (Å²) in [6.07, 6.45) is 7.79. The van der Waals surface area contributed by atoms with Crippen LogP contribution in [0.4, 0.5) is 0 Å². The van der Waals surface area contributed by atoms with Crippen molar-refractivity contribution in [3.05, 3.63) is 35.5 Å². The Hall–Kier alpha value is -1.28. The summed E-state index contributed by atoms with van der Waals surface area (Å²) in [5, 5.41) is 4.28. The van der Waals surface area contributed by atoms with Crippen molar-refractivity contribution in [1.29, 1.82) is 0 Å². The van der Waals surface area contributed by atoms with Crippen LogP contribution < -0.4 is 5.32 Å². The number of nitrogens with zero attached hydrogens (tertiary/aromatic N) is 1. The second-order valence-corrected chi connectivity index (χ2v) is 5.97. The van der Waals surface area contributed by atoms with Crippen LogP contribution in [-0.2, 0) is 6.42 Å². The van der Waals surface area contributed by atoms with Crippen molar-refractivity contribution in [2.75, 3.05) is 14.1 Å². The van der Waals surface area contributed by atoms with Crippen LogP contribution in [0, 0.1) is 0 Å². The molecule has 2 aromatic rings. The first-order valence-electron chi connectivity index (χ1n) is 7.47. The molecule has 2 aliphatic rings. The van der Waals surface area contributed by atoms with Gasteiger partial charge in [-0.2, -0.15) is 0 Å². The Labute approximate surface area is 115 Å². The lowest BCUT2D eigenvalue weighted by molar-refractivity contribution is 0.503. The fraction of sp³-hybridized carbons (Fsp3) is 0.529. The Morgan fingerprint density at radius 1 is 1.16 bits per heavy atom. The third-order valence-corrected chi connectivity index (χ3v) is 4.29. The van der Waals surface area contributed by atoms with Gasteiger partial charge in [0.25, 0.3) is 0 Å². The summed E-state index contributed by atoms with van der Waals surface area (Å²) in [5.74, 6) is 0.865. The molecule has 0 bridgehead atoms. The van der Waals surface area contributed by atoms with Crippen LogP contribution in [0.1, 0.15) is 49.3 Å². The molecule has 102 valence electrons. The van der Waals surface area contributed by atoms with Crippen LogP contribution in [0.3, 0.4) is 0 Å². The number of hydrogen-bond acceptors (Lipinski definition) is 1. The summed E-state index contributed by atoms with van der Waals surface area (Å²) < 4.78 is 2.53. The molecule has 1 atom stereocenters. The molecule has 1 saturated carbocycles. The van der Waals surface area contributed by atoms with Crippen molar-refractivity contribution in [1.82, 2.24) is 9.88 Å². The molecule has 1 unspecified atom stereocenters. The third kappa shape index (κ3) is 2.18. The molecule has 0 radical (unpaired) electrons. The van der Waals surface area contributed by atoms with E-state index in [1.807, 2.05) is 14.1 Å². The molecule has 0 amide bonds. The summed E-state index contributed by atoms with van der Waals surface area (Å²) in [4.78, 5) is 0. The summed E-state index contributed by atoms with van der Waals surface area (Å²) in [6.45, 7) is 2.35. The lowest BCUT2D eigenvalue weighted by atomic mass is 9.98. The highest BCUT2D eigenvalue weighted by molar-refractivity contribution is 5.88. The Morgan fingerprint density at radius 3 is 2.58 bits per heavy atom. The van der Waals surface area contributed by atoms with E-state index in [2.05, 4.69) is 41.2 Å². The standard InChI is InChI=1S/C15H17N.C2H7N/c1-10-5-6-12-3-2-4-13-14(11-7-8-11)9-16(10)15(12)13;1-3-2/h2-4,9-11H,5-8H2,1H3;3H,1-2H3. The van der Waals surface area contributed by atoms with E-state index in [4.69, 9.17) is 0 Å². The highest BCUT2D eigenvalue weighted by Gasteiger charge is 2.29. The number of aryl methyl sites for hydroxylation is 1. The van der Waals surface area contributed by atoms with Gasteiger partial charge < -0.3 is 9.88 Å². The molecule has 0 saturated heterocycles. The normalized spacial score (nSPS) is 21.1. The molecule has 1 aliphatic carbocycles. The van der Waals surface area contributed by atoms with Gasteiger partial charge in [0.2, 0.25) is 0 Å². The highest BCUT2D eigenvalue weighted by atomic mass is 15.0. The molecule has 1 aromatic carbocycles. The minimum atomic E-state index is 0.685. The van der Waals surface area contributed by atoms with E-state index in [1.165, 1.54) is 36.6 Å². The minimum absolute atomic E-state index is 0.685. The van der Waals surface area contributed by atoms with E-state index in [9.17, 15) is 0 Å². The molecule has 1 aliphatic heterocycles. The van der Waals surface area contributed by atoms with Gasteiger partial charge in [0, 0.05) is 17.6 Å². The molecule has 19 heavy (non-hydrogen) atoms. The zero-order chi connectivity index (χ0) is 13.4. The number of aromatic nitrogens is 1. The van der Waals surface area contributed by atoms with Crippen molar-refractivity contribution in [3.63, 3.8) is 0 Å². The zero-order valence-corrected chi connectivity index (χ0v) is 12.2. The minimum Gasteiger partial charge on any atom is -0.344 e. The van der Waals surface area contributed by atoms with Crippen molar-refractivity contribution < 1.29 is 0 Å². The predicted octanol–water partition coefficient (Wildman–Crippen LogP) is 3.86. The van der Waals surface area contributed by atoms with Gasteiger partial charge in [-0.1, -0.05) is 18.2 Å². The maximum atomic E-state index is 2.75. The average molecular weight is 256 g/mol. The predicted molar refractivity (Wildman–Crippen MR) is 81.9 cm³/mol. The van der Waals surface area contributed by atoms with E-state index in [0.29, 0.717) is 6.04 Å². The largest absolute Gasteiger partial charge is 0.344 e. The van der Waals surface area contributed by atoms with Gasteiger partial charge in [-0.15, -0.1) is 0 Å². The monoisotopic (exact) mass is 256 g/mol. The second-order valence-electron chi connectivity index (χ2n) is 5.97. The first-order valence-corrected chi connectivity index (χ1v) is 7.47. The SMILES string of the molecule is CC1CCc2cccc3c(C4CC4)cn1c23.CNC. The molecule has 1 N–H and O–H groups in total. The molecular weight excluding hydrogens is 232 g/mol. The van der Waals surface area contributed by atoms with E-state index >= 15 is 0 Å². The summed E-state index contributed by atoms with van der Waals surface area (Å²) >= 11 is 0. The van der Waals surface area contributed by atoms with Gasteiger partial charge in [-0.25, -0.2) is 0 Å². The summed E-state index contributed by atoms with van der Waals surface area (Å²) in [6, 6.07) is 7.55. The summed E-state index contributed by atoms with van der Waals surface area (Å²) in [5.41, 5.74) is 4.70. The van der Waals surface area contributed by atoms with Gasteiger partial charge >= 0.3 is 0 Å². The fourth-order valence-corrected chi connectivity index (χ4v) is 3.19. The Kier molecular flexibility index (Phi) is 3.36. The lowest BCUT2D eigenvalue weighted by Gasteiger charge is -2.22. The van der Waals surface area contributed by atoms with Gasteiger partial charge in [-0.3, -0.25) is 0 Å². The van der Waals surface area contributed by atoms with Crippen molar-refractivity contribution in [2.24, 2.45) is 0 Å². The van der Waals surface area contributed by atoms with Crippen LogP contribution in [0.2, 0.25) is 0 Å². The zero-order valence-electron chi connectivity index (χ0n) is 12.2. The van der Waals surface area contributed by atoms with E-state index in [-0.39, 0.29) is 0 Å². The van der Waals surface area contributed by atoms with Crippen molar-refractivity contribution >= 4 is 10.9 Å². The number of rotatable bonds is 1. The maximum absolute atomic E-state index is 2.75. The molecule has 1 aromatic heterocycles. The molecule has 2 nitrogen and oxygen atoms in total. The second kappa shape index (κ2) is 5.01. The average Bonchev–Trinajstić information content (AvgIpc) is 3.17. The van der Waals surface area contributed by atoms with E-state index in [1.54, 1.807) is 11.1 Å². The summed E-state index contributed by atoms with van der Waals surface area (Å²) in [7, 11) is 3.75. The van der Waals surface area contributed by atoms with Crippen LogP contribution in [0.15, 0.2) is 24.4 Å². The lowest BCUT2D eigenvalue weighted by Crippen LogP contribution is -2.11. The van der Waals surface area contributed by atoms with E-state index in [0.717, 1.165) is 5.92 Å². The molecular formula is C17H24N2. The molecule has 4 rings (SSSR count). The Balaban J connectivity index is 0.000000339. The van der Waals surface area contributed by atoms with Crippen LogP contribution in [-0.4, -0.2) is 18.7 Å².